The fourth-order valence-corrected chi connectivity index (χ4v) is 8.18. The van der Waals surface area contributed by atoms with Gasteiger partial charge in [-0.25, -0.2) is 15.0 Å². The van der Waals surface area contributed by atoms with E-state index in [2.05, 4.69) is 207 Å². The van der Waals surface area contributed by atoms with Gasteiger partial charge in [-0.3, -0.25) is 9.97 Å². The lowest BCUT2D eigenvalue weighted by atomic mass is 9.81. The lowest BCUT2D eigenvalue weighted by molar-refractivity contribution is 0.659. The van der Waals surface area contributed by atoms with E-state index < -0.39 is 0 Å². The molecule has 0 amide bonds. The summed E-state index contributed by atoms with van der Waals surface area (Å²) < 4.78 is 0. The van der Waals surface area contributed by atoms with Crippen LogP contribution in [0.25, 0.3) is 56.7 Å². The molecule has 0 N–H and O–H groups in total. The SMILES string of the molecule is Cc1cc(C)c(C)cc1C.Cc1ccc(-c2ccc(C)cn2)nc1.Cc1ccc(-c2nc(-c3ccc(C)cc3)nc(-c3ccc(C)cc3)n2)cc1.Cc1ccc2c(c1)C(C)(C)c1cc(C)ccc1-2. The van der Waals surface area contributed by atoms with Gasteiger partial charge in [0.2, 0.25) is 0 Å². The number of rotatable bonds is 4. The second-order valence-corrected chi connectivity index (χ2v) is 19.1. The van der Waals surface area contributed by atoms with E-state index >= 15 is 0 Å². The molecule has 0 bridgehead atoms. The van der Waals surface area contributed by atoms with Crippen LogP contribution in [0, 0.1) is 76.2 Å². The first-order valence-electron chi connectivity index (χ1n) is 23.5. The van der Waals surface area contributed by atoms with Gasteiger partial charge in [-0.2, -0.15) is 0 Å². The topological polar surface area (TPSA) is 64.5 Å². The summed E-state index contributed by atoms with van der Waals surface area (Å²) in [6.07, 6.45) is 3.72. The van der Waals surface area contributed by atoms with Gasteiger partial charge >= 0.3 is 0 Å². The normalized spacial score (nSPS) is 11.7. The van der Waals surface area contributed by atoms with Gasteiger partial charge in [0.05, 0.1) is 11.4 Å². The minimum absolute atomic E-state index is 0.142. The van der Waals surface area contributed by atoms with E-state index in [9.17, 15) is 0 Å². The molecule has 68 heavy (non-hydrogen) atoms. The molecule has 0 aliphatic heterocycles. The van der Waals surface area contributed by atoms with Crippen molar-refractivity contribution in [2.24, 2.45) is 0 Å². The van der Waals surface area contributed by atoms with Crippen LogP contribution in [0.4, 0.5) is 0 Å². The van der Waals surface area contributed by atoms with Crippen molar-refractivity contribution in [3.05, 3.63) is 230 Å². The van der Waals surface area contributed by atoms with Gasteiger partial charge < -0.3 is 0 Å². The van der Waals surface area contributed by atoms with Gasteiger partial charge in [0.1, 0.15) is 0 Å². The van der Waals surface area contributed by atoms with Gasteiger partial charge in [0, 0.05) is 34.5 Å². The van der Waals surface area contributed by atoms with Crippen molar-refractivity contribution in [3.63, 3.8) is 0 Å². The van der Waals surface area contributed by atoms with Crippen molar-refractivity contribution in [2.45, 2.75) is 95.4 Å². The maximum Gasteiger partial charge on any atom is 0.164 e. The standard InChI is InChI=1S/C24H21N3.C17H18.C12H12N2.C10H14/c1-16-4-10-19(11-5-16)22-25-23(20-12-6-17(2)7-13-20)27-24(26-22)21-14-8-18(3)9-15-21;1-11-5-7-13-14-8-6-12(2)10-16(14)17(3,4)15(13)9-11;1-9-3-5-11(13-7-9)12-6-4-10(2)8-14-12;1-7-5-9(3)10(4)6-8(7)2/h4-15H,1-3H3;5-10H,1-4H3;3-8H,1-2H3;5-6H,1-4H3. The summed E-state index contributed by atoms with van der Waals surface area (Å²) in [6.45, 7) is 27.9. The molecule has 0 unspecified atom stereocenters. The largest absolute Gasteiger partial charge is 0.254 e. The summed E-state index contributed by atoms with van der Waals surface area (Å²) in [6, 6.07) is 51.0. The number of hydrogen-bond donors (Lipinski definition) is 0. The fourth-order valence-electron chi connectivity index (χ4n) is 8.18. The highest BCUT2D eigenvalue weighted by Gasteiger charge is 2.35. The number of nitrogens with zero attached hydrogens (tertiary/aromatic N) is 5. The van der Waals surface area contributed by atoms with Crippen LogP contribution in [-0.2, 0) is 5.41 Å². The maximum absolute atomic E-state index is 4.75. The Morgan fingerprint density at radius 2 is 0.574 bits per heavy atom. The van der Waals surface area contributed by atoms with Gasteiger partial charge in [-0.1, -0.05) is 175 Å². The Hall–Kier alpha value is -7.37. The van der Waals surface area contributed by atoms with Gasteiger partial charge in [0.25, 0.3) is 0 Å². The van der Waals surface area contributed by atoms with Crippen LogP contribution < -0.4 is 0 Å². The third kappa shape index (κ3) is 11.8. The zero-order valence-electron chi connectivity index (χ0n) is 42.2. The first-order chi connectivity index (χ1) is 32.4. The Bertz CT molecular complexity index is 2840. The predicted molar refractivity (Wildman–Crippen MR) is 286 cm³/mol. The van der Waals surface area contributed by atoms with Crippen LogP contribution >= 0.6 is 0 Å². The second kappa shape index (κ2) is 21.1. The second-order valence-electron chi connectivity index (χ2n) is 19.1. The predicted octanol–water partition coefficient (Wildman–Crippen LogP) is 16.1. The molecule has 1 aliphatic rings. The van der Waals surface area contributed by atoms with Gasteiger partial charge in [0.15, 0.2) is 17.5 Å². The summed E-state index contributed by atoms with van der Waals surface area (Å²) in [4.78, 5) is 22.9. The highest BCUT2D eigenvalue weighted by Crippen LogP contribution is 2.49. The summed E-state index contributed by atoms with van der Waals surface area (Å²) in [5, 5.41) is 0. The molecule has 5 nitrogen and oxygen atoms in total. The van der Waals surface area contributed by atoms with Crippen molar-refractivity contribution in [1.29, 1.82) is 0 Å². The summed E-state index contributed by atoms with van der Waals surface area (Å²) in [5.41, 5.74) is 25.0. The van der Waals surface area contributed by atoms with Crippen molar-refractivity contribution >= 4 is 0 Å². The molecular weight excluding hydrogens is 827 g/mol. The van der Waals surface area contributed by atoms with E-state index in [0.717, 1.165) is 28.1 Å². The minimum Gasteiger partial charge on any atom is -0.254 e. The molecule has 1 aliphatic carbocycles. The minimum atomic E-state index is 0.142. The van der Waals surface area contributed by atoms with Crippen LogP contribution in [0.3, 0.4) is 0 Å². The van der Waals surface area contributed by atoms with E-state index in [1.54, 1.807) is 0 Å². The highest BCUT2D eigenvalue weighted by molar-refractivity contribution is 5.81. The Morgan fingerprint density at radius 1 is 0.294 bits per heavy atom. The smallest absolute Gasteiger partial charge is 0.164 e. The van der Waals surface area contributed by atoms with E-state index in [-0.39, 0.29) is 5.41 Å². The van der Waals surface area contributed by atoms with Gasteiger partial charge in [-0.05, 0) is 144 Å². The molecule has 6 aromatic carbocycles. The molecule has 9 aromatic rings. The first-order valence-corrected chi connectivity index (χ1v) is 23.5. The quantitative estimate of drug-likeness (QED) is 0.176. The number of hydrogen-bond acceptors (Lipinski definition) is 5. The third-order valence-electron chi connectivity index (χ3n) is 12.7. The molecule has 0 spiro atoms. The van der Waals surface area contributed by atoms with Crippen molar-refractivity contribution in [2.75, 3.05) is 0 Å². The van der Waals surface area contributed by atoms with Crippen LogP contribution in [0.5, 0.6) is 0 Å². The van der Waals surface area contributed by atoms with E-state index in [0.29, 0.717) is 17.5 Å². The van der Waals surface area contributed by atoms with Gasteiger partial charge in [-0.15, -0.1) is 0 Å². The Labute approximate surface area is 405 Å². The molecule has 10 rings (SSSR count). The molecule has 0 saturated carbocycles. The van der Waals surface area contributed by atoms with Crippen LogP contribution in [0.15, 0.2) is 158 Å². The maximum atomic E-state index is 4.75. The van der Waals surface area contributed by atoms with Crippen molar-refractivity contribution < 1.29 is 0 Å². The van der Waals surface area contributed by atoms with Crippen LogP contribution in [-0.4, -0.2) is 24.9 Å². The number of fused-ring (bicyclic) bond motifs is 3. The zero-order valence-corrected chi connectivity index (χ0v) is 42.2. The zero-order chi connectivity index (χ0) is 48.7. The Morgan fingerprint density at radius 3 is 0.853 bits per heavy atom. The fraction of sp³-hybridized carbons (Fsp3) is 0.222. The number of aryl methyl sites for hydroxylation is 11. The molecule has 5 heteroatoms. The molecule has 0 saturated heterocycles. The first kappa shape index (κ1) is 48.6. The van der Waals surface area contributed by atoms with Crippen LogP contribution in [0.1, 0.15) is 86.2 Å². The average Bonchev–Trinajstić information content (AvgIpc) is 3.54. The van der Waals surface area contributed by atoms with E-state index in [1.807, 2.05) is 50.5 Å². The van der Waals surface area contributed by atoms with Crippen LogP contribution in [0.2, 0.25) is 0 Å². The van der Waals surface area contributed by atoms with Crippen molar-refractivity contribution in [1.82, 2.24) is 24.9 Å². The lowest BCUT2D eigenvalue weighted by Gasteiger charge is -2.22. The molecule has 0 atom stereocenters. The number of aromatic nitrogens is 5. The Balaban J connectivity index is 0.000000144. The monoisotopic (exact) mass is 892 g/mol. The summed E-state index contributed by atoms with van der Waals surface area (Å²) in [5.74, 6) is 2.07. The lowest BCUT2D eigenvalue weighted by Crippen LogP contribution is -2.15. The van der Waals surface area contributed by atoms with E-state index in [4.69, 9.17) is 15.0 Å². The Kier molecular flexibility index (Phi) is 15.0. The van der Waals surface area contributed by atoms with Crippen molar-refractivity contribution in [3.8, 4) is 56.7 Å². The molecule has 3 heterocycles. The molecule has 0 radical (unpaired) electrons. The molecule has 0 fully saturated rings. The summed E-state index contributed by atoms with van der Waals surface area (Å²) in [7, 11) is 0. The number of pyridine rings is 2. The average molecular weight is 892 g/mol. The molecule has 3 aromatic heterocycles. The van der Waals surface area contributed by atoms with E-state index in [1.165, 1.54) is 83.5 Å². The highest BCUT2D eigenvalue weighted by atomic mass is 15.0. The molecular formula is C63H65N5. The summed E-state index contributed by atoms with van der Waals surface area (Å²) >= 11 is 0. The number of benzene rings is 6. The molecule has 342 valence electrons. The third-order valence-corrected chi connectivity index (χ3v) is 12.7.